The lowest BCUT2D eigenvalue weighted by atomic mass is 10.0. The van der Waals surface area contributed by atoms with Gasteiger partial charge in [0.1, 0.15) is 11.6 Å². The highest BCUT2D eigenvalue weighted by molar-refractivity contribution is 14.1. The third kappa shape index (κ3) is 4.81. The van der Waals surface area contributed by atoms with E-state index < -0.39 is 11.9 Å². The Balaban J connectivity index is 1.56. The largest absolute Gasteiger partial charge is 0.435 e. The van der Waals surface area contributed by atoms with Gasteiger partial charge in [0, 0.05) is 24.7 Å². The first-order valence-corrected chi connectivity index (χ1v) is 9.36. The summed E-state index contributed by atoms with van der Waals surface area (Å²) >= 11 is 2.31. The van der Waals surface area contributed by atoms with Crippen molar-refractivity contribution in [3.63, 3.8) is 0 Å². The minimum Gasteiger partial charge on any atom is -0.366 e. The molecule has 2 heterocycles. The maximum absolute atomic E-state index is 13.8. The second-order valence-electron chi connectivity index (χ2n) is 6.16. The molecule has 0 saturated carbocycles. The van der Waals surface area contributed by atoms with Crippen molar-refractivity contribution in [2.24, 2.45) is 0 Å². The molecule has 0 bridgehead atoms. The van der Waals surface area contributed by atoms with Crippen LogP contribution < -0.4 is 5.32 Å². The fourth-order valence-corrected chi connectivity index (χ4v) is 3.98. The number of nitrogens with zero attached hydrogens (tertiary/aromatic N) is 3. The van der Waals surface area contributed by atoms with E-state index in [1.165, 1.54) is 12.1 Å². The molecule has 1 fully saturated rings. The van der Waals surface area contributed by atoms with E-state index in [2.05, 4.69) is 43.0 Å². The summed E-state index contributed by atoms with van der Waals surface area (Å²) in [6, 6.07) is 9.02. The molecule has 1 saturated heterocycles. The van der Waals surface area contributed by atoms with Crippen LogP contribution >= 0.6 is 22.6 Å². The van der Waals surface area contributed by atoms with Gasteiger partial charge in [-0.05, 0) is 31.0 Å². The molecule has 4 nitrogen and oxygen atoms in total. The number of alkyl halides is 4. The summed E-state index contributed by atoms with van der Waals surface area (Å²) in [5, 5.41) is 9.98. The molecule has 1 aromatic heterocycles. The van der Waals surface area contributed by atoms with Crippen LogP contribution in [0, 0.1) is 5.82 Å². The average molecular weight is 480 g/mol. The molecule has 0 radical (unpaired) electrons. The van der Waals surface area contributed by atoms with Gasteiger partial charge in [-0.2, -0.15) is 13.2 Å². The number of nitrogens with one attached hydrogen (secondary N) is 1. The zero-order valence-corrected chi connectivity index (χ0v) is 15.8. The molecule has 0 aliphatic carbocycles. The number of benzene rings is 1. The lowest BCUT2D eigenvalue weighted by molar-refractivity contribution is -0.141. The van der Waals surface area contributed by atoms with Gasteiger partial charge in [0.05, 0.1) is 4.05 Å². The second kappa shape index (κ2) is 8.03. The predicted octanol–water partition coefficient (Wildman–Crippen LogP) is 4.47. The highest BCUT2D eigenvalue weighted by atomic mass is 127. The lowest BCUT2D eigenvalue weighted by Gasteiger charge is -2.37. The van der Waals surface area contributed by atoms with Crippen LogP contribution in [0.4, 0.5) is 23.4 Å². The van der Waals surface area contributed by atoms with Gasteiger partial charge < -0.3 is 5.32 Å². The number of anilines is 1. The molecule has 3 rings (SSSR count). The average Bonchev–Trinajstić information content (AvgIpc) is 2.59. The Kier molecular flexibility index (Phi) is 5.96. The third-order valence-electron chi connectivity index (χ3n) is 4.28. The number of hydrogen-bond acceptors (Lipinski definition) is 4. The molecule has 2 unspecified atom stereocenters. The smallest absolute Gasteiger partial charge is 0.366 e. The molecule has 1 N–H and O–H groups in total. The molecular formula is C17H17F4IN4. The number of hydrogen-bond donors (Lipinski definition) is 1. The fourth-order valence-electron chi connectivity index (χ4n) is 2.89. The Labute approximate surface area is 162 Å². The van der Waals surface area contributed by atoms with Gasteiger partial charge in [0.15, 0.2) is 5.69 Å². The summed E-state index contributed by atoms with van der Waals surface area (Å²) in [5.74, 6) is 0.116. The van der Waals surface area contributed by atoms with Crippen molar-refractivity contribution in [3.8, 4) is 0 Å². The van der Waals surface area contributed by atoms with Crippen molar-refractivity contribution < 1.29 is 17.6 Å². The van der Waals surface area contributed by atoms with Gasteiger partial charge in [0.25, 0.3) is 0 Å². The van der Waals surface area contributed by atoms with E-state index in [1.807, 2.05) is 6.07 Å². The molecule has 0 amide bonds. The number of halogens is 5. The van der Waals surface area contributed by atoms with Crippen LogP contribution in [0.5, 0.6) is 0 Å². The number of likely N-dealkylation sites (tertiary alicyclic amines) is 1. The Morgan fingerprint density at radius 3 is 2.54 bits per heavy atom. The minimum absolute atomic E-state index is 0.0832. The minimum atomic E-state index is -4.49. The topological polar surface area (TPSA) is 41.0 Å². The zero-order valence-electron chi connectivity index (χ0n) is 13.7. The van der Waals surface area contributed by atoms with Crippen LogP contribution in [0.1, 0.15) is 24.1 Å². The van der Waals surface area contributed by atoms with Crippen molar-refractivity contribution in [2.45, 2.75) is 35.7 Å². The maximum Gasteiger partial charge on any atom is 0.435 e. The van der Waals surface area contributed by atoms with Crippen molar-refractivity contribution >= 4 is 28.4 Å². The molecule has 2 aromatic rings. The standard InChI is InChI=1S/C17H17F4IN4/c18-13-4-2-1-3-11(13)10-26-8-7-12(9-15(26)22)23-16-6-5-14(24-25-16)17(19,20)21/h1-6,12,15H,7-10H2,(H,23,25). The normalized spacial score (nSPS) is 21.6. The Morgan fingerprint density at radius 2 is 1.92 bits per heavy atom. The Morgan fingerprint density at radius 1 is 1.15 bits per heavy atom. The second-order valence-corrected chi connectivity index (χ2v) is 7.60. The van der Waals surface area contributed by atoms with Gasteiger partial charge in [-0.15, -0.1) is 10.2 Å². The summed E-state index contributed by atoms with van der Waals surface area (Å²) in [7, 11) is 0. The summed E-state index contributed by atoms with van der Waals surface area (Å²) < 4.78 is 51.6. The van der Waals surface area contributed by atoms with Gasteiger partial charge in [0.2, 0.25) is 0 Å². The van der Waals surface area contributed by atoms with E-state index in [0.717, 1.165) is 25.5 Å². The molecule has 1 aliphatic heterocycles. The molecule has 0 spiro atoms. The summed E-state index contributed by atoms with van der Waals surface area (Å²) in [5.41, 5.74) is -0.344. The van der Waals surface area contributed by atoms with Crippen LogP contribution in [0.2, 0.25) is 0 Å². The van der Waals surface area contributed by atoms with Gasteiger partial charge in [-0.1, -0.05) is 40.8 Å². The zero-order chi connectivity index (χ0) is 18.7. The lowest BCUT2D eigenvalue weighted by Crippen LogP contribution is -2.43. The van der Waals surface area contributed by atoms with E-state index in [0.29, 0.717) is 17.9 Å². The van der Waals surface area contributed by atoms with Crippen molar-refractivity contribution in [3.05, 3.63) is 53.5 Å². The number of rotatable bonds is 4. The predicted molar refractivity (Wildman–Crippen MR) is 98.3 cm³/mol. The van der Waals surface area contributed by atoms with E-state index in [9.17, 15) is 17.6 Å². The van der Waals surface area contributed by atoms with Crippen molar-refractivity contribution in [1.82, 2.24) is 15.1 Å². The van der Waals surface area contributed by atoms with Crippen LogP contribution in [0.25, 0.3) is 0 Å². The molecule has 1 aromatic carbocycles. The number of piperidine rings is 1. The molecular weight excluding hydrogens is 463 g/mol. The SMILES string of the molecule is Fc1ccccc1CN1CCC(Nc2ccc(C(F)(F)F)nn2)CC1I. The summed E-state index contributed by atoms with van der Waals surface area (Å²) in [4.78, 5) is 2.19. The van der Waals surface area contributed by atoms with Crippen molar-refractivity contribution in [2.75, 3.05) is 11.9 Å². The highest BCUT2D eigenvalue weighted by Crippen LogP contribution is 2.29. The maximum atomic E-state index is 13.8. The van der Waals surface area contributed by atoms with E-state index in [-0.39, 0.29) is 15.9 Å². The van der Waals surface area contributed by atoms with Crippen LogP contribution in [0.3, 0.4) is 0 Å². The first kappa shape index (κ1) is 19.3. The first-order chi connectivity index (χ1) is 12.3. The number of aromatic nitrogens is 2. The van der Waals surface area contributed by atoms with Gasteiger partial charge in [-0.3, -0.25) is 4.90 Å². The van der Waals surface area contributed by atoms with Gasteiger partial charge >= 0.3 is 6.18 Å². The fraction of sp³-hybridized carbons (Fsp3) is 0.412. The highest BCUT2D eigenvalue weighted by Gasteiger charge is 2.33. The van der Waals surface area contributed by atoms with Crippen LogP contribution in [-0.2, 0) is 12.7 Å². The molecule has 26 heavy (non-hydrogen) atoms. The summed E-state index contributed by atoms with van der Waals surface area (Å²) in [6.45, 7) is 1.29. The first-order valence-electron chi connectivity index (χ1n) is 8.12. The van der Waals surface area contributed by atoms with E-state index in [4.69, 9.17) is 0 Å². The summed E-state index contributed by atoms with van der Waals surface area (Å²) in [6.07, 6.45) is -2.93. The van der Waals surface area contributed by atoms with E-state index >= 15 is 0 Å². The van der Waals surface area contributed by atoms with Crippen molar-refractivity contribution in [1.29, 1.82) is 0 Å². The van der Waals surface area contributed by atoms with Crippen LogP contribution in [0.15, 0.2) is 36.4 Å². The molecule has 9 heteroatoms. The Bertz CT molecular complexity index is 738. The third-order valence-corrected chi connectivity index (χ3v) is 5.57. The molecule has 2 atom stereocenters. The van der Waals surface area contributed by atoms with Gasteiger partial charge in [-0.25, -0.2) is 4.39 Å². The molecule has 140 valence electrons. The Hall–Kier alpha value is -1.49. The monoisotopic (exact) mass is 480 g/mol. The van der Waals surface area contributed by atoms with E-state index in [1.54, 1.807) is 12.1 Å². The quantitative estimate of drug-likeness (QED) is 0.304. The van der Waals surface area contributed by atoms with Crippen LogP contribution in [-0.4, -0.2) is 31.7 Å². The molecule has 1 aliphatic rings.